The van der Waals surface area contributed by atoms with Gasteiger partial charge in [-0.1, -0.05) is 12.8 Å². The fourth-order valence-corrected chi connectivity index (χ4v) is 3.34. The van der Waals surface area contributed by atoms with Crippen LogP contribution in [-0.2, 0) is 9.59 Å². The Labute approximate surface area is 120 Å². The number of hydrogen-bond acceptors (Lipinski definition) is 4. The lowest BCUT2D eigenvalue weighted by Crippen LogP contribution is -2.36. The van der Waals surface area contributed by atoms with Gasteiger partial charge in [-0.25, -0.2) is 0 Å². The van der Waals surface area contributed by atoms with Gasteiger partial charge in [0, 0.05) is 0 Å². The molecule has 0 aliphatic heterocycles. The molecule has 0 saturated heterocycles. The topological polar surface area (TPSA) is 109 Å². The van der Waals surface area contributed by atoms with E-state index in [9.17, 15) is 19.5 Å². The lowest BCUT2D eigenvalue weighted by atomic mass is 9.79. The number of amides is 2. The fourth-order valence-electron chi connectivity index (χ4n) is 2.54. The lowest BCUT2D eigenvalue weighted by Gasteiger charge is -2.27. The highest BCUT2D eigenvalue weighted by atomic mass is 32.1. The molecule has 6 nitrogen and oxygen atoms in total. The van der Waals surface area contributed by atoms with Crippen molar-refractivity contribution in [1.82, 2.24) is 0 Å². The van der Waals surface area contributed by atoms with Gasteiger partial charge in [0.15, 0.2) is 0 Å². The van der Waals surface area contributed by atoms with Gasteiger partial charge in [-0.05, 0) is 24.3 Å². The SMILES string of the molecule is NC(=O)c1ccsc1NC(=O)[C@@H]1CCCC[C@@H]1C(=O)O. The first-order valence-electron chi connectivity index (χ1n) is 6.41. The Hall–Kier alpha value is -1.89. The maximum Gasteiger partial charge on any atom is 0.307 e. The first-order valence-corrected chi connectivity index (χ1v) is 7.29. The number of carbonyl (C=O) groups excluding carboxylic acids is 2. The van der Waals surface area contributed by atoms with Gasteiger partial charge in [-0.15, -0.1) is 11.3 Å². The number of primary amides is 1. The second-order valence-corrected chi connectivity index (χ2v) is 5.77. The van der Waals surface area contributed by atoms with E-state index in [2.05, 4.69) is 5.32 Å². The van der Waals surface area contributed by atoms with E-state index in [4.69, 9.17) is 5.73 Å². The summed E-state index contributed by atoms with van der Waals surface area (Å²) in [5.41, 5.74) is 5.47. The van der Waals surface area contributed by atoms with Crippen molar-refractivity contribution in [2.24, 2.45) is 17.6 Å². The number of carbonyl (C=O) groups is 3. The predicted octanol–water partition coefficient (Wildman–Crippen LogP) is 1.68. The van der Waals surface area contributed by atoms with Crippen molar-refractivity contribution in [3.8, 4) is 0 Å². The maximum atomic E-state index is 12.2. The third-order valence-corrected chi connectivity index (χ3v) is 4.42. The summed E-state index contributed by atoms with van der Waals surface area (Å²) in [6, 6.07) is 1.54. The first kappa shape index (κ1) is 14.5. The Balaban J connectivity index is 2.12. The van der Waals surface area contributed by atoms with E-state index in [0.29, 0.717) is 17.8 Å². The second-order valence-electron chi connectivity index (χ2n) is 4.85. The molecule has 2 rings (SSSR count). The highest BCUT2D eigenvalue weighted by molar-refractivity contribution is 7.14. The third-order valence-electron chi connectivity index (χ3n) is 3.59. The Morgan fingerprint density at radius 1 is 1.25 bits per heavy atom. The van der Waals surface area contributed by atoms with Crippen LogP contribution in [0.25, 0.3) is 0 Å². The minimum atomic E-state index is -0.939. The smallest absolute Gasteiger partial charge is 0.307 e. The van der Waals surface area contributed by atoms with Crippen LogP contribution in [0.2, 0.25) is 0 Å². The summed E-state index contributed by atoms with van der Waals surface area (Å²) in [7, 11) is 0. The number of rotatable bonds is 4. The first-order chi connectivity index (χ1) is 9.50. The molecule has 108 valence electrons. The molecule has 0 bridgehead atoms. The molecule has 7 heteroatoms. The van der Waals surface area contributed by atoms with Crippen LogP contribution in [0.4, 0.5) is 5.00 Å². The van der Waals surface area contributed by atoms with Crippen LogP contribution in [-0.4, -0.2) is 22.9 Å². The van der Waals surface area contributed by atoms with Crippen molar-refractivity contribution >= 4 is 34.1 Å². The summed E-state index contributed by atoms with van der Waals surface area (Å²) in [5.74, 6) is -3.10. The van der Waals surface area contributed by atoms with Crippen molar-refractivity contribution in [3.05, 3.63) is 17.0 Å². The van der Waals surface area contributed by atoms with Crippen molar-refractivity contribution in [2.45, 2.75) is 25.7 Å². The summed E-state index contributed by atoms with van der Waals surface area (Å²) in [5, 5.41) is 13.9. The van der Waals surface area contributed by atoms with Crippen LogP contribution in [0.5, 0.6) is 0 Å². The van der Waals surface area contributed by atoms with E-state index in [1.807, 2.05) is 0 Å². The van der Waals surface area contributed by atoms with Crippen LogP contribution >= 0.6 is 11.3 Å². The van der Waals surface area contributed by atoms with Crippen LogP contribution in [0.15, 0.2) is 11.4 Å². The molecule has 1 saturated carbocycles. The van der Waals surface area contributed by atoms with E-state index in [1.165, 1.54) is 17.4 Å². The molecular weight excluding hydrogens is 280 g/mol. The molecule has 2 amide bonds. The average Bonchev–Trinajstić information content (AvgIpc) is 2.87. The summed E-state index contributed by atoms with van der Waals surface area (Å²) < 4.78 is 0. The van der Waals surface area contributed by atoms with Crippen LogP contribution in [0, 0.1) is 11.8 Å². The third kappa shape index (κ3) is 2.98. The van der Waals surface area contributed by atoms with Gasteiger partial charge in [0.1, 0.15) is 5.00 Å². The quantitative estimate of drug-likeness (QED) is 0.785. The summed E-state index contributed by atoms with van der Waals surface area (Å²) in [6.07, 6.45) is 2.74. The van der Waals surface area contributed by atoms with Gasteiger partial charge in [0.25, 0.3) is 5.91 Å². The number of carboxylic acid groups (broad SMARTS) is 1. The van der Waals surface area contributed by atoms with E-state index in [-0.39, 0.29) is 11.5 Å². The monoisotopic (exact) mass is 296 g/mol. The molecule has 2 atom stereocenters. The molecule has 1 aliphatic carbocycles. The molecule has 20 heavy (non-hydrogen) atoms. The zero-order chi connectivity index (χ0) is 14.7. The Bertz CT molecular complexity index is 540. The van der Waals surface area contributed by atoms with Crippen molar-refractivity contribution < 1.29 is 19.5 Å². The zero-order valence-electron chi connectivity index (χ0n) is 10.8. The molecule has 1 fully saturated rings. The van der Waals surface area contributed by atoms with Crippen molar-refractivity contribution in [2.75, 3.05) is 5.32 Å². The minimum absolute atomic E-state index is 0.256. The summed E-state index contributed by atoms with van der Waals surface area (Å²) in [6.45, 7) is 0. The van der Waals surface area contributed by atoms with Crippen molar-refractivity contribution in [3.63, 3.8) is 0 Å². The lowest BCUT2D eigenvalue weighted by molar-refractivity contribution is -0.147. The second kappa shape index (κ2) is 6.04. The molecule has 0 unspecified atom stereocenters. The Kier molecular flexibility index (Phi) is 4.39. The standard InChI is InChI=1S/C13H16N2O4S/c14-10(16)9-5-6-20-12(9)15-11(17)7-3-1-2-4-8(7)13(18)19/h5-8H,1-4H2,(H2,14,16)(H,15,17)(H,18,19)/t7-,8+/m1/s1. The van der Waals surface area contributed by atoms with Gasteiger partial charge in [-0.3, -0.25) is 14.4 Å². The molecule has 1 aromatic heterocycles. The summed E-state index contributed by atoms with van der Waals surface area (Å²) in [4.78, 5) is 34.6. The average molecular weight is 296 g/mol. The number of thiophene rings is 1. The van der Waals surface area contributed by atoms with E-state index < -0.39 is 23.7 Å². The van der Waals surface area contributed by atoms with E-state index in [1.54, 1.807) is 5.38 Å². The summed E-state index contributed by atoms with van der Waals surface area (Å²) >= 11 is 1.20. The molecule has 1 aromatic rings. The van der Waals surface area contributed by atoms with Gasteiger partial charge < -0.3 is 16.2 Å². The highest BCUT2D eigenvalue weighted by Gasteiger charge is 2.36. The Morgan fingerprint density at radius 2 is 1.90 bits per heavy atom. The van der Waals surface area contributed by atoms with Gasteiger partial charge >= 0.3 is 5.97 Å². The number of nitrogens with two attached hydrogens (primary N) is 1. The normalized spacial score (nSPS) is 22.2. The number of aliphatic carboxylic acids is 1. The molecule has 0 radical (unpaired) electrons. The van der Waals surface area contributed by atoms with Gasteiger partial charge in [0.05, 0.1) is 17.4 Å². The maximum absolute atomic E-state index is 12.2. The minimum Gasteiger partial charge on any atom is -0.481 e. The zero-order valence-corrected chi connectivity index (χ0v) is 11.6. The molecule has 0 spiro atoms. The van der Waals surface area contributed by atoms with E-state index >= 15 is 0 Å². The molecular formula is C13H16N2O4S. The predicted molar refractivity (Wildman–Crippen MR) is 74.6 cm³/mol. The molecule has 4 N–H and O–H groups in total. The number of carboxylic acids is 1. The fraction of sp³-hybridized carbons (Fsp3) is 0.462. The van der Waals surface area contributed by atoms with Crippen LogP contribution in [0.3, 0.4) is 0 Å². The Morgan fingerprint density at radius 3 is 2.50 bits per heavy atom. The van der Waals surface area contributed by atoms with Crippen molar-refractivity contribution in [1.29, 1.82) is 0 Å². The number of anilines is 1. The number of hydrogen-bond donors (Lipinski definition) is 3. The highest BCUT2D eigenvalue weighted by Crippen LogP contribution is 2.32. The molecule has 1 aliphatic rings. The van der Waals surface area contributed by atoms with Gasteiger partial charge in [-0.2, -0.15) is 0 Å². The largest absolute Gasteiger partial charge is 0.481 e. The number of nitrogens with one attached hydrogen (secondary N) is 1. The van der Waals surface area contributed by atoms with E-state index in [0.717, 1.165) is 12.8 Å². The van der Waals surface area contributed by atoms with Gasteiger partial charge in [0.2, 0.25) is 5.91 Å². The van der Waals surface area contributed by atoms with Crippen LogP contribution in [0.1, 0.15) is 36.0 Å². The van der Waals surface area contributed by atoms with Crippen LogP contribution < -0.4 is 11.1 Å². The molecule has 0 aromatic carbocycles. The molecule has 1 heterocycles.